The van der Waals surface area contributed by atoms with Gasteiger partial charge in [0.15, 0.2) is 0 Å². The Morgan fingerprint density at radius 2 is 1.80 bits per heavy atom. The molecule has 2 aliphatic carbocycles. The van der Waals surface area contributed by atoms with Gasteiger partial charge in [-0.05, 0) is 31.1 Å². The summed E-state index contributed by atoms with van der Waals surface area (Å²) in [5, 5.41) is 13.7. The Hall–Kier alpha value is -0.120. The zero-order valence-corrected chi connectivity index (χ0v) is 13.4. The average molecular weight is 283 g/mol. The van der Waals surface area contributed by atoms with Crippen LogP contribution in [0.4, 0.5) is 0 Å². The Bertz CT molecular complexity index is 274. The van der Waals surface area contributed by atoms with Crippen molar-refractivity contribution in [3.05, 3.63) is 0 Å². The predicted molar refractivity (Wildman–Crippen MR) is 82.9 cm³/mol. The predicted octanol–water partition coefficient (Wildman–Crippen LogP) is 3.26. The lowest BCUT2D eigenvalue weighted by Gasteiger charge is -2.39. The van der Waals surface area contributed by atoms with E-state index in [9.17, 15) is 5.11 Å². The van der Waals surface area contributed by atoms with Crippen molar-refractivity contribution in [2.75, 3.05) is 13.2 Å². The zero-order valence-electron chi connectivity index (χ0n) is 13.4. The summed E-state index contributed by atoms with van der Waals surface area (Å²) in [7, 11) is 0. The van der Waals surface area contributed by atoms with Crippen LogP contribution in [0.2, 0.25) is 0 Å². The smallest absolute Gasteiger partial charge is 0.0897 e. The van der Waals surface area contributed by atoms with Crippen molar-refractivity contribution < 1.29 is 9.84 Å². The Kier molecular flexibility index (Phi) is 6.31. The molecule has 2 atom stereocenters. The molecule has 118 valence electrons. The number of nitrogens with one attached hydrogen (secondary N) is 1. The fraction of sp³-hybridized carbons (Fsp3) is 1.00. The molecule has 2 rings (SSSR count). The SMILES string of the molecule is CC1(C)CCCCC1NCC(O)COC1CCCCC1. The molecule has 3 heteroatoms. The van der Waals surface area contributed by atoms with Gasteiger partial charge in [0.2, 0.25) is 0 Å². The van der Waals surface area contributed by atoms with E-state index in [2.05, 4.69) is 19.2 Å². The van der Waals surface area contributed by atoms with Gasteiger partial charge in [-0.1, -0.05) is 46.0 Å². The van der Waals surface area contributed by atoms with Crippen LogP contribution in [0.15, 0.2) is 0 Å². The fourth-order valence-corrected chi connectivity index (χ4v) is 3.69. The lowest BCUT2D eigenvalue weighted by Crippen LogP contribution is -2.47. The third-order valence-corrected chi connectivity index (χ3v) is 5.18. The van der Waals surface area contributed by atoms with E-state index in [1.165, 1.54) is 57.8 Å². The van der Waals surface area contributed by atoms with Crippen LogP contribution in [-0.4, -0.2) is 36.5 Å². The summed E-state index contributed by atoms with van der Waals surface area (Å²) in [5.74, 6) is 0. The van der Waals surface area contributed by atoms with Gasteiger partial charge in [0, 0.05) is 12.6 Å². The summed E-state index contributed by atoms with van der Waals surface area (Å²) in [4.78, 5) is 0. The molecule has 0 amide bonds. The molecule has 2 saturated carbocycles. The van der Waals surface area contributed by atoms with Gasteiger partial charge in [0.1, 0.15) is 0 Å². The minimum absolute atomic E-state index is 0.363. The first kappa shape index (κ1) is 16.3. The summed E-state index contributed by atoms with van der Waals surface area (Å²) in [6.45, 7) is 5.84. The number of aliphatic hydroxyl groups is 1. The topological polar surface area (TPSA) is 41.5 Å². The Balaban J connectivity index is 1.62. The third kappa shape index (κ3) is 5.01. The fourth-order valence-electron chi connectivity index (χ4n) is 3.69. The van der Waals surface area contributed by atoms with Crippen molar-refractivity contribution in [1.29, 1.82) is 0 Å². The van der Waals surface area contributed by atoms with E-state index in [4.69, 9.17) is 4.74 Å². The van der Waals surface area contributed by atoms with Gasteiger partial charge in [0.25, 0.3) is 0 Å². The van der Waals surface area contributed by atoms with Crippen LogP contribution in [0.25, 0.3) is 0 Å². The van der Waals surface area contributed by atoms with Gasteiger partial charge >= 0.3 is 0 Å². The van der Waals surface area contributed by atoms with Gasteiger partial charge in [-0.2, -0.15) is 0 Å². The second-order valence-electron chi connectivity index (χ2n) is 7.44. The lowest BCUT2D eigenvalue weighted by atomic mass is 9.73. The average Bonchev–Trinajstić information content (AvgIpc) is 2.44. The monoisotopic (exact) mass is 283 g/mol. The highest BCUT2D eigenvalue weighted by atomic mass is 16.5. The maximum Gasteiger partial charge on any atom is 0.0897 e. The van der Waals surface area contributed by atoms with Crippen LogP contribution in [-0.2, 0) is 4.74 Å². The van der Waals surface area contributed by atoms with Crippen molar-refractivity contribution in [3.8, 4) is 0 Å². The molecule has 0 saturated heterocycles. The summed E-state index contributed by atoms with van der Waals surface area (Å²) in [5.41, 5.74) is 0.363. The van der Waals surface area contributed by atoms with Gasteiger partial charge in [0.05, 0.1) is 18.8 Å². The molecule has 2 fully saturated rings. The highest BCUT2D eigenvalue weighted by molar-refractivity contribution is 4.88. The molecule has 0 spiro atoms. The number of aliphatic hydroxyl groups excluding tert-OH is 1. The minimum atomic E-state index is -0.366. The van der Waals surface area contributed by atoms with E-state index in [0.717, 1.165) is 0 Å². The summed E-state index contributed by atoms with van der Waals surface area (Å²) in [6, 6.07) is 0.542. The standard InChI is InChI=1S/C17H33NO2/c1-17(2)11-7-6-10-16(17)18-12-14(19)13-20-15-8-4-3-5-9-15/h14-16,18-19H,3-13H2,1-2H3. The van der Waals surface area contributed by atoms with Gasteiger partial charge < -0.3 is 15.2 Å². The van der Waals surface area contributed by atoms with Crippen LogP contribution in [0.5, 0.6) is 0 Å². The molecular weight excluding hydrogens is 250 g/mol. The van der Waals surface area contributed by atoms with E-state index < -0.39 is 0 Å². The van der Waals surface area contributed by atoms with E-state index in [0.29, 0.717) is 30.7 Å². The van der Waals surface area contributed by atoms with E-state index >= 15 is 0 Å². The second kappa shape index (κ2) is 7.77. The number of ether oxygens (including phenoxy) is 1. The van der Waals surface area contributed by atoms with Crippen LogP contribution in [0, 0.1) is 5.41 Å². The normalized spacial score (nSPS) is 29.2. The molecule has 2 N–H and O–H groups in total. The van der Waals surface area contributed by atoms with Gasteiger partial charge in [-0.25, -0.2) is 0 Å². The highest BCUT2D eigenvalue weighted by Gasteiger charge is 2.31. The van der Waals surface area contributed by atoms with Crippen LogP contribution in [0.1, 0.15) is 71.6 Å². The van der Waals surface area contributed by atoms with E-state index in [1.54, 1.807) is 0 Å². The summed E-state index contributed by atoms with van der Waals surface area (Å²) < 4.78 is 5.85. The first-order chi connectivity index (χ1) is 9.58. The largest absolute Gasteiger partial charge is 0.389 e. The molecule has 0 bridgehead atoms. The Morgan fingerprint density at radius 1 is 1.10 bits per heavy atom. The molecule has 0 aromatic heterocycles. The van der Waals surface area contributed by atoms with Crippen molar-refractivity contribution >= 4 is 0 Å². The molecular formula is C17H33NO2. The molecule has 2 aliphatic rings. The van der Waals surface area contributed by atoms with Crippen LogP contribution < -0.4 is 5.32 Å². The van der Waals surface area contributed by atoms with Crippen LogP contribution >= 0.6 is 0 Å². The lowest BCUT2D eigenvalue weighted by molar-refractivity contribution is -0.0252. The molecule has 0 aromatic carbocycles. The number of rotatable bonds is 6. The minimum Gasteiger partial charge on any atom is -0.389 e. The van der Waals surface area contributed by atoms with Crippen molar-refractivity contribution in [3.63, 3.8) is 0 Å². The Morgan fingerprint density at radius 3 is 2.50 bits per heavy atom. The van der Waals surface area contributed by atoms with Crippen molar-refractivity contribution in [2.24, 2.45) is 5.41 Å². The maximum absolute atomic E-state index is 10.1. The summed E-state index contributed by atoms with van der Waals surface area (Å²) in [6.07, 6.45) is 11.5. The molecule has 0 heterocycles. The Labute approximate surface area is 124 Å². The van der Waals surface area contributed by atoms with Gasteiger partial charge in [-0.3, -0.25) is 0 Å². The molecule has 20 heavy (non-hydrogen) atoms. The first-order valence-corrected chi connectivity index (χ1v) is 8.61. The molecule has 0 radical (unpaired) electrons. The zero-order chi connectivity index (χ0) is 14.4. The number of hydrogen-bond acceptors (Lipinski definition) is 3. The van der Waals surface area contributed by atoms with Crippen molar-refractivity contribution in [1.82, 2.24) is 5.32 Å². The van der Waals surface area contributed by atoms with E-state index in [1.807, 2.05) is 0 Å². The quantitative estimate of drug-likeness (QED) is 0.786. The first-order valence-electron chi connectivity index (χ1n) is 8.61. The number of hydrogen-bond donors (Lipinski definition) is 2. The maximum atomic E-state index is 10.1. The van der Waals surface area contributed by atoms with Gasteiger partial charge in [-0.15, -0.1) is 0 Å². The van der Waals surface area contributed by atoms with Crippen LogP contribution in [0.3, 0.4) is 0 Å². The molecule has 2 unspecified atom stereocenters. The third-order valence-electron chi connectivity index (χ3n) is 5.18. The summed E-state index contributed by atoms with van der Waals surface area (Å²) >= 11 is 0. The second-order valence-corrected chi connectivity index (χ2v) is 7.44. The van der Waals surface area contributed by atoms with E-state index in [-0.39, 0.29) is 6.10 Å². The highest BCUT2D eigenvalue weighted by Crippen LogP contribution is 2.35. The van der Waals surface area contributed by atoms with Crippen molar-refractivity contribution in [2.45, 2.75) is 89.9 Å². The molecule has 0 aromatic rings. The molecule has 3 nitrogen and oxygen atoms in total. The molecule has 0 aliphatic heterocycles.